The van der Waals surface area contributed by atoms with Crippen LogP contribution >= 0.6 is 0 Å². The topological polar surface area (TPSA) is 41.5 Å². The Morgan fingerprint density at radius 3 is 2.61 bits per heavy atom. The number of ether oxygens (including phenoxy) is 1. The van der Waals surface area contributed by atoms with Gasteiger partial charge in [-0.2, -0.15) is 0 Å². The number of aliphatic hydroxyl groups is 1. The zero-order valence-electron chi connectivity index (χ0n) is 11.9. The van der Waals surface area contributed by atoms with Crippen LogP contribution in [0.4, 0.5) is 0 Å². The second kappa shape index (κ2) is 7.39. The number of benzene rings is 1. The monoisotopic (exact) mass is 251 g/mol. The predicted molar refractivity (Wildman–Crippen MR) is 75.1 cm³/mol. The maximum atomic E-state index is 10.5. The molecule has 0 saturated carbocycles. The molecular formula is C15H25NO2. The largest absolute Gasteiger partial charge is 0.496 e. The van der Waals surface area contributed by atoms with E-state index in [0.717, 1.165) is 36.3 Å². The minimum Gasteiger partial charge on any atom is -0.496 e. The molecule has 0 heterocycles. The Morgan fingerprint density at radius 1 is 1.33 bits per heavy atom. The van der Waals surface area contributed by atoms with Crippen molar-refractivity contribution in [1.82, 2.24) is 5.32 Å². The number of methoxy groups -OCH3 is 1. The number of nitrogens with one attached hydrogen (secondary N) is 1. The third kappa shape index (κ3) is 3.72. The van der Waals surface area contributed by atoms with E-state index in [1.807, 2.05) is 25.1 Å². The van der Waals surface area contributed by atoms with Crippen molar-refractivity contribution in [2.75, 3.05) is 13.7 Å². The summed E-state index contributed by atoms with van der Waals surface area (Å²) in [6.07, 6.45) is 1.42. The summed E-state index contributed by atoms with van der Waals surface area (Å²) in [5.41, 5.74) is 2.00. The first kappa shape index (κ1) is 15.0. The molecule has 1 aromatic rings. The van der Waals surface area contributed by atoms with E-state index < -0.39 is 6.10 Å². The summed E-state index contributed by atoms with van der Waals surface area (Å²) >= 11 is 0. The Labute approximate surface area is 110 Å². The fraction of sp³-hybridized carbons (Fsp3) is 0.600. The molecule has 2 atom stereocenters. The third-order valence-electron chi connectivity index (χ3n) is 3.18. The van der Waals surface area contributed by atoms with Gasteiger partial charge in [0.25, 0.3) is 0 Å². The zero-order valence-corrected chi connectivity index (χ0v) is 11.9. The molecule has 0 amide bonds. The number of aryl methyl sites for hydroxylation is 1. The Morgan fingerprint density at radius 2 is 2.06 bits per heavy atom. The molecule has 3 nitrogen and oxygen atoms in total. The van der Waals surface area contributed by atoms with Gasteiger partial charge < -0.3 is 15.2 Å². The number of rotatable bonds is 7. The lowest BCUT2D eigenvalue weighted by molar-refractivity contribution is 0.123. The highest BCUT2D eigenvalue weighted by atomic mass is 16.5. The van der Waals surface area contributed by atoms with Crippen LogP contribution in [0, 0.1) is 6.92 Å². The molecule has 0 spiro atoms. The van der Waals surface area contributed by atoms with E-state index in [-0.39, 0.29) is 6.04 Å². The van der Waals surface area contributed by atoms with E-state index in [4.69, 9.17) is 4.74 Å². The van der Waals surface area contributed by atoms with Crippen LogP contribution in [-0.4, -0.2) is 24.8 Å². The lowest BCUT2D eigenvalue weighted by atomic mass is 9.97. The Kier molecular flexibility index (Phi) is 6.16. The van der Waals surface area contributed by atoms with Crippen LogP contribution < -0.4 is 10.1 Å². The van der Waals surface area contributed by atoms with Crippen molar-refractivity contribution in [2.45, 2.75) is 45.8 Å². The third-order valence-corrected chi connectivity index (χ3v) is 3.18. The molecule has 2 N–H and O–H groups in total. The van der Waals surface area contributed by atoms with Gasteiger partial charge in [0.15, 0.2) is 0 Å². The quantitative estimate of drug-likeness (QED) is 0.783. The lowest BCUT2D eigenvalue weighted by Gasteiger charge is -2.25. The summed E-state index contributed by atoms with van der Waals surface area (Å²) in [4.78, 5) is 0. The fourth-order valence-corrected chi connectivity index (χ4v) is 2.11. The molecule has 0 aromatic heterocycles. The summed E-state index contributed by atoms with van der Waals surface area (Å²) < 4.78 is 5.33. The van der Waals surface area contributed by atoms with E-state index in [1.165, 1.54) is 0 Å². The molecule has 18 heavy (non-hydrogen) atoms. The molecule has 2 unspecified atom stereocenters. The summed E-state index contributed by atoms with van der Waals surface area (Å²) in [6, 6.07) is 5.98. The molecule has 0 radical (unpaired) electrons. The van der Waals surface area contributed by atoms with Crippen molar-refractivity contribution in [2.24, 2.45) is 0 Å². The van der Waals surface area contributed by atoms with Crippen LogP contribution in [0.5, 0.6) is 5.75 Å². The molecule has 0 aliphatic heterocycles. The smallest absolute Gasteiger partial charge is 0.124 e. The lowest BCUT2D eigenvalue weighted by Crippen LogP contribution is -2.35. The summed E-state index contributed by atoms with van der Waals surface area (Å²) in [6.45, 7) is 7.15. The minimum atomic E-state index is -0.531. The Bertz CT molecular complexity index is 366. The van der Waals surface area contributed by atoms with Gasteiger partial charge in [0.1, 0.15) is 5.75 Å². The van der Waals surface area contributed by atoms with Gasteiger partial charge in [-0.25, -0.2) is 0 Å². The molecule has 1 rings (SSSR count). The average molecular weight is 251 g/mol. The van der Waals surface area contributed by atoms with Crippen molar-refractivity contribution >= 4 is 0 Å². The highest BCUT2D eigenvalue weighted by Gasteiger charge is 2.21. The van der Waals surface area contributed by atoms with Crippen LogP contribution in [0.3, 0.4) is 0 Å². The van der Waals surface area contributed by atoms with E-state index >= 15 is 0 Å². The van der Waals surface area contributed by atoms with Crippen molar-refractivity contribution in [1.29, 1.82) is 0 Å². The molecule has 0 saturated heterocycles. The highest BCUT2D eigenvalue weighted by molar-refractivity contribution is 5.39. The molecule has 0 fully saturated rings. The van der Waals surface area contributed by atoms with Gasteiger partial charge in [0.2, 0.25) is 0 Å². The molecule has 0 aliphatic carbocycles. The van der Waals surface area contributed by atoms with Crippen LogP contribution in [0.15, 0.2) is 18.2 Å². The maximum absolute atomic E-state index is 10.5. The Hall–Kier alpha value is -1.06. The Balaban J connectivity index is 2.92. The first-order valence-corrected chi connectivity index (χ1v) is 6.70. The van der Waals surface area contributed by atoms with Gasteiger partial charge in [0.05, 0.1) is 13.2 Å². The standard InChI is InChI=1S/C15H25NO2/c1-5-9-16-13(6-2)15(17)12-10-11(3)7-8-14(12)18-4/h7-8,10,13,15-17H,5-6,9H2,1-4H3. The molecular weight excluding hydrogens is 226 g/mol. The fourth-order valence-electron chi connectivity index (χ4n) is 2.11. The number of aliphatic hydroxyl groups excluding tert-OH is 1. The predicted octanol–water partition coefficient (Wildman–Crippen LogP) is 2.82. The molecule has 0 bridgehead atoms. The van der Waals surface area contributed by atoms with Crippen LogP contribution in [0.1, 0.15) is 43.9 Å². The van der Waals surface area contributed by atoms with Crippen molar-refractivity contribution in [3.8, 4) is 5.75 Å². The second-order valence-electron chi connectivity index (χ2n) is 4.66. The van der Waals surface area contributed by atoms with Gasteiger partial charge >= 0.3 is 0 Å². The summed E-state index contributed by atoms with van der Waals surface area (Å²) in [5, 5.41) is 13.9. The van der Waals surface area contributed by atoms with Crippen molar-refractivity contribution < 1.29 is 9.84 Å². The summed E-state index contributed by atoms with van der Waals surface area (Å²) in [7, 11) is 1.64. The molecule has 3 heteroatoms. The first-order valence-electron chi connectivity index (χ1n) is 6.70. The zero-order chi connectivity index (χ0) is 13.5. The molecule has 102 valence electrons. The van der Waals surface area contributed by atoms with E-state index in [1.54, 1.807) is 7.11 Å². The van der Waals surface area contributed by atoms with Crippen LogP contribution in [0.25, 0.3) is 0 Å². The molecule has 0 aliphatic rings. The van der Waals surface area contributed by atoms with Gasteiger partial charge in [-0.3, -0.25) is 0 Å². The van der Waals surface area contributed by atoms with Gasteiger partial charge in [-0.15, -0.1) is 0 Å². The number of hydrogen-bond donors (Lipinski definition) is 2. The second-order valence-corrected chi connectivity index (χ2v) is 4.66. The maximum Gasteiger partial charge on any atom is 0.124 e. The minimum absolute atomic E-state index is 0.0700. The van der Waals surface area contributed by atoms with E-state index in [0.29, 0.717) is 0 Å². The highest BCUT2D eigenvalue weighted by Crippen LogP contribution is 2.29. The van der Waals surface area contributed by atoms with Gasteiger partial charge in [-0.1, -0.05) is 25.5 Å². The van der Waals surface area contributed by atoms with Crippen LogP contribution in [-0.2, 0) is 0 Å². The average Bonchev–Trinajstić information content (AvgIpc) is 2.39. The molecule has 1 aromatic carbocycles. The van der Waals surface area contributed by atoms with Gasteiger partial charge in [-0.05, 0) is 38.4 Å². The number of hydrogen-bond acceptors (Lipinski definition) is 3. The van der Waals surface area contributed by atoms with E-state index in [9.17, 15) is 5.11 Å². The van der Waals surface area contributed by atoms with Crippen LogP contribution in [0.2, 0.25) is 0 Å². The SMILES string of the molecule is CCCNC(CC)C(O)c1cc(C)ccc1OC. The van der Waals surface area contributed by atoms with E-state index in [2.05, 4.69) is 19.2 Å². The summed E-state index contributed by atoms with van der Waals surface area (Å²) in [5.74, 6) is 0.754. The van der Waals surface area contributed by atoms with Gasteiger partial charge in [0, 0.05) is 11.6 Å². The van der Waals surface area contributed by atoms with Crippen molar-refractivity contribution in [3.63, 3.8) is 0 Å². The first-order chi connectivity index (χ1) is 8.63. The normalized spacial score (nSPS) is 14.3. The van der Waals surface area contributed by atoms with Crippen molar-refractivity contribution in [3.05, 3.63) is 29.3 Å².